The van der Waals surface area contributed by atoms with Crippen LogP contribution in [-0.4, -0.2) is 0 Å². The molecule has 0 heterocycles. The molecular weight excluding hydrogens is 168 g/mol. The fourth-order valence-corrected chi connectivity index (χ4v) is 3.06. The summed E-state index contributed by atoms with van der Waals surface area (Å²) in [6.45, 7) is 7.02. The van der Waals surface area contributed by atoms with Gasteiger partial charge in [-0.25, -0.2) is 0 Å². The van der Waals surface area contributed by atoms with Crippen LogP contribution in [0.5, 0.6) is 0 Å². The van der Waals surface area contributed by atoms with Crippen LogP contribution >= 0.6 is 0 Å². The molecule has 0 aromatic heterocycles. The molecule has 0 saturated heterocycles. The van der Waals surface area contributed by atoms with Crippen LogP contribution in [0.15, 0.2) is 0 Å². The monoisotopic (exact) mass is 196 g/mol. The fraction of sp³-hybridized carbons (Fsp3) is 1.00. The first kappa shape index (κ1) is 12.1. The van der Waals surface area contributed by atoms with Crippen molar-refractivity contribution in [3.8, 4) is 0 Å². The lowest BCUT2D eigenvalue weighted by Crippen LogP contribution is -2.29. The maximum absolute atomic E-state index is 2.38. The predicted molar refractivity (Wildman–Crippen MR) is 64.4 cm³/mol. The molecule has 0 bridgehead atoms. The molecule has 1 fully saturated rings. The van der Waals surface area contributed by atoms with Gasteiger partial charge in [-0.3, -0.25) is 0 Å². The van der Waals surface area contributed by atoms with Crippen LogP contribution in [0.25, 0.3) is 0 Å². The minimum Gasteiger partial charge on any atom is -0.0654 e. The van der Waals surface area contributed by atoms with E-state index in [4.69, 9.17) is 0 Å². The fourth-order valence-electron chi connectivity index (χ4n) is 3.06. The Kier molecular flexibility index (Phi) is 5.59. The van der Waals surface area contributed by atoms with Crippen molar-refractivity contribution in [2.45, 2.75) is 72.1 Å². The first-order chi connectivity index (χ1) is 6.81. The standard InChI is InChI=1S/C14H28/c1-4-7-9-13(6-3)14-10-12(11-14)8-5-2/h12-14H,4-11H2,1-3H3. The molecule has 0 aliphatic heterocycles. The van der Waals surface area contributed by atoms with E-state index >= 15 is 0 Å². The number of unbranched alkanes of at least 4 members (excludes halogenated alkanes) is 1. The average molecular weight is 196 g/mol. The molecule has 1 unspecified atom stereocenters. The highest BCUT2D eigenvalue weighted by Gasteiger charge is 2.32. The summed E-state index contributed by atoms with van der Waals surface area (Å²) >= 11 is 0. The third kappa shape index (κ3) is 3.29. The number of hydrogen-bond acceptors (Lipinski definition) is 0. The van der Waals surface area contributed by atoms with Crippen molar-refractivity contribution in [2.24, 2.45) is 17.8 Å². The molecule has 1 aliphatic carbocycles. The third-order valence-corrected chi connectivity index (χ3v) is 4.09. The van der Waals surface area contributed by atoms with Gasteiger partial charge in [0.1, 0.15) is 0 Å². The Hall–Kier alpha value is 0. The van der Waals surface area contributed by atoms with E-state index < -0.39 is 0 Å². The van der Waals surface area contributed by atoms with Crippen LogP contribution in [0.2, 0.25) is 0 Å². The zero-order valence-corrected chi connectivity index (χ0v) is 10.4. The first-order valence-electron chi connectivity index (χ1n) is 6.81. The zero-order valence-electron chi connectivity index (χ0n) is 10.4. The van der Waals surface area contributed by atoms with E-state index in [2.05, 4.69) is 20.8 Å². The highest BCUT2D eigenvalue weighted by atomic mass is 14.4. The normalized spacial score (nSPS) is 28.5. The van der Waals surface area contributed by atoms with Crippen molar-refractivity contribution >= 4 is 0 Å². The third-order valence-electron chi connectivity index (χ3n) is 4.09. The van der Waals surface area contributed by atoms with Crippen LogP contribution in [0.1, 0.15) is 72.1 Å². The number of rotatable bonds is 7. The van der Waals surface area contributed by atoms with Crippen LogP contribution in [-0.2, 0) is 0 Å². The van der Waals surface area contributed by atoms with Crippen molar-refractivity contribution in [3.05, 3.63) is 0 Å². The van der Waals surface area contributed by atoms with Crippen LogP contribution < -0.4 is 0 Å². The number of hydrogen-bond donors (Lipinski definition) is 0. The van der Waals surface area contributed by atoms with Gasteiger partial charge in [-0.05, 0) is 30.6 Å². The highest BCUT2D eigenvalue weighted by molar-refractivity contribution is 4.83. The first-order valence-corrected chi connectivity index (χ1v) is 6.81. The van der Waals surface area contributed by atoms with E-state index in [0.29, 0.717) is 0 Å². The maximum atomic E-state index is 2.38. The van der Waals surface area contributed by atoms with Crippen LogP contribution in [0, 0.1) is 17.8 Å². The molecular formula is C14H28. The Labute approximate surface area is 90.5 Å². The van der Waals surface area contributed by atoms with E-state index in [0.717, 1.165) is 17.8 Å². The summed E-state index contributed by atoms with van der Waals surface area (Å²) in [5, 5.41) is 0. The molecule has 0 aromatic carbocycles. The van der Waals surface area contributed by atoms with Gasteiger partial charge in [-0.15, -0.1) is 0 Å². The molecule has 1 rings (SSSR count). The van der Waals surface area contributed by atoms with Gasteiger partial charge in [0.2, 0.25) is 0 Å². The lowest BCUT2D eigenvalue weighted by molar-refractivity contribution is 0.106. The topological polar surface area (TPSA) is 0 Å². The lowest BCUT2D eigenvalue weighted by atomic mass is 9.65. The van der Waals surface area contributed by atoms with Crippen molar-refractivity contribution in [2.75, 3.05) is 0 Å². The molecule has 84 valence electrons. The molecule has 0 amide bonds. The molecule has 0 heteroatoms. The van der Waals surface area contributed by atoms with E-state index in [1.165, 1.54) is 38.5 Å². The van der Waals surface area contributed by atoms with Gasteiger partial charge in [0.15, 0.2) is 0 Å². The van der Waals surface area contributed by atoms with Gasteiger partial charge in [0.25, 0.3) is 0 Å². The molecule has 1 saturated carbocycles. The summed E-state index contributed by atoms with van der Waals surface area (Å²) in [5.74, 6) is 3.26. The summed E-state index contributed by atoms with van der Waals surface area (Å²) < 4.78 is 0. The van der Waals surface area contributed by atoms with Crippen molar-refractivity contribution in [1.29, 1.82) is 0 Å². The smallest absolute Gasteiger partial charge is 0.0381 e. The van der Waals surface area contributed by atoms with E-state index in [-0.39, 0.29) is 0 Å². The summed E-state index contributed by atoms with van der Waals surface area (Å²) in [7, 11) is 0. The average Bonchev–Trinajstić information content (AvgIpc) is 2.14. The van der Waals surface area contributed by atoms with Gasteiger partial charge in [-0.2, -0.15) is 0 Å². The summed E-state index contributed by atoms with van der Waals surface area (Å²) in [6, 6.07) is 0. The molecule has 14 heavy (non-hydrogen) atoms. The molecule has 0 spiro atoms. The minimum atomic E-state index is 1.06. The summed E-state index contributed by atoms with van der Waals surface area (Å²) in [4.78, 5) is 0. The lowest BCUT2D eigenvalue weighted by Gasteiger charge is -2.40. The second-order valence-corrected chi connectivity index (χ2v) is 5.20. The van der Waals surface area contributed by atoms with Crippen molar-refractivity contribution in [3.63, 3.8) is 0 Å². The molecule has 0 aromatic rings. The molecule has 1 aliphatic rings. The molecule has 0 N–H and O–H groups in total. The largest absolute Gasteiger partial charge is 0.0654 e. The van der Waals surface area contributed by atoms with Crippen LogP contribution in [0.3, 0.4) is 0 Å². The van der Waals surface area contributed by atoms with Gasteiger partial charge < -0.3 is 0 Å². The van der Waals surface area contributed by atoms with E-state index in [1.807, 2.05) is 0 Å². The Morgan fingerprint density at radius 2 is 1.79 bits per heavy atom. The molecule has 0 radical (unpaired) electrons. The molecule has 1 atom stereocenters. The molecule has 0 nitrogen and oxygen atoms in total. The van der Waals surface area contributed by atoms with E-state index in [1.54, 1.807) is 12.8 Å². The maximum Gasteiger partial charge on any atom is -0.0381 e. The second-order valence-electron chi connectivity index (χ2n) is 5.20. The van der Waals surface area contributed by atoms with Crippen molar-refractivity contribution < 1.29 is 0 Å². The summed E-state index contributed by atoms with van der Waals surface area (Å²) in [6.07, 6.45) is 11.7. The summed E-state index contributed by atoms with van der Waals surface area (Å²) in [5.41, 5.74) is 0. The SMILES string of the molecule is CCCCC(CC)C1CC(CCC)C1. The van der Waals surface area contributed by atoms with Crippen LogP contribution in [0.4, 0.5) is 0 Å². The van der Waals surface area contributed by atoms with Gasteiger partial charge in [0.05, 0.1) is 0 Å². The minimum absolute atomic E-state index is 1.06. The van der Waals surface area contributed by atoms with Gasteiger partial charge in [0, 0.05) is 0 Å². The van der Waals surface area contributed by atoms with Gasteiger partial charge in [-0.1, -0.05) is 59.3 Å². The predicted octanol–water partition coefficient (Wildman–Crippen LogP) is 5.03. The Bertz CT molecular complexity index is 133. The highest BCUT2D eigenvalue weighted by Crippen LogP contribution is 2.43. The Morgan fingerprint density at radius 1 is 1.07 bits per heavy atom. The van der Waals surface area contributed by atoms with Gasteiger partial charge >= 0.3 is 0 Å². The van der Waals surface area contributed by atoms with Crippen molar-refractivity contribution in [1.82, 2.24) is 0 Å². The quantitative estimate of drug-likeness (QED) is 0.536. The van der Waals surface area contributed by atoms with E-state index in [9.17, 15) is 0 Å². The zero-order chi connectivity index (χ0) is 10.4. The Morgan fingerprint density at radius 3 is 2.29 bits per heavy atom. The Balaban J connectivity index is 2.14. The second kappa shape index (κ2) is 6.48.